The lowest BCUT2D eigenvalue weighted by atomic mass is 10.2. The number of hydrogen-bond acceptors (Lipinski definition) is 7. The number of hydrogen-bond donors (Lipinski definition) is 1. The highest BCUT2D eigenvalue weighted by molar-refractivity contribution is 7.88. The largest absolute Gasteiger partial charge is 0.461 e. The molecule has 0 saturated carbocycles. The van der Waals surface area contributed by atoms with Crippen LogP contribution in [0, 0.1) is 0 Å². The fourth-order valence-corrected chi connectivity index (χ4v) is 2.16. The molecular weight excluding hydrogens is 304 g/mol. The van der Waals surface area contributed by atoms with E-state index >= 15 is 0 Å². The van der Waals surface area contributed by atoms with Crippen molar-refractivity contribution < 1.29 is 36.8 Å². The van der Waals surface area contributed by atoms with E-state index in [1.165, 1.54) is 19.1 Å². The molecule has 1 N–H and O–H groups in total. The van der Waals surface area contributed by atoms with Gasteiger partial charge in [0.2, 0.25) is 0 Å². The smallest absolute Gasteiger partial charge is 0.358 e. The van der Waals surface area contributed by atoms with Crippen molar-refractivity contribution in [3.8, 4) is 0 Å². The maximum atomic E-state index is 11.9. The second kappa shape index (κ2) is 8.55. The van der Waals surface area contributed by atoms with Crippen molar-refractivity contribution in [2.45, 2.75) is 18.3 Å². The summed E-state index contributed by atoms with van der Waals surface area (Å²) in [6.45, 7) is 7.22. The number of carbonyl (C=O) groups is 2. The Labute approximate surface area is 123 Å². The molecule has 8 nitrogen and oxygen atoms in total. The molecule has 1 atom stereocenters. The van der Waals surface area contributed by atoms with E-state index in [4.69, 9.17) is 4.74 Å². The molecule has 0 spiro atoms. The predicted molar refractivity (Wildman–Crippen MR) is 72.8 cm³/mol. The van der Waals surface area contributed by atoms with Gasteiger partial charge in [0, 0.05) is 6.61 Å². The van der Waals surface area contributed by atoms with Crippen LogP contribution in [0.5, 0.6) is 0 Å². The molecule has 0 aromatic heterocycles. The Morgan fingerprint density at radius 1 is 1.19 bits per heavy atom. The Hall–Kier alpha value is -1.71. The summed E-state index contributed by atoms with van der Waals surface area (Å²) in [6, 6.07) is 0. The van der Waals surface area contributed by atoms with Crippen LogP contribution in [-0.4, -0.2) is 49.7 Å². The third-order valence-electron chi connectivity index (χ3n) is 2.18. The number of carbonyl (C=O) groups excluding carboxylic acids is 2. The number of rotatable bonds is 10. The van der Waals surface area contributed by atoms with Crippen LogP contribution in [0.15, 0.2) is 25.3 Å². The van der Waals surface area contributed by atoms with Gasteiger partial charge in [-0.1, -0.05) is 25.3 Å². The first-order valence-corrected chi connectivity index (χ1v) is 7.34. The molecule has 120 valence electrons. The molecule has 0 radical (unpaired) electrons. The van der Waals surface area contributed by atoms with Crippen LogP contribution in [0.3, 0.4) is 0 Å². The van der Waals surface area contributed by atoms with Crippen molar-refractivity contribution in [1.82, 2.24) is 0 Å². The first kappa shape index (κ1) is 19.3. The lowest BCUT2D eigenvalue weighted by Crippen LogP contribution is -2.51. The van der Waals surface area contributed by atoms with E-state index in [-0.39, 0.29) is 19.8 Å². The van der Waals surface area contributed by atoms with E-state index in [1.807, 2.05) is 0 Å². The zero-order chi connectivity index (χ0) is 16.5. The van der Waals surface area contributed by atoms with Gasteiger partial charge in [0.15, 0.2) is 0 Å². The molecule has 9 heteroatoms. The molecular formula is C12H18O8S. The van der Waals surface area contributed by atoms with Crippen LogP contribution in [0.1, 0.15) is 13.3 Å². The first-order valence-electron chi connectivity index (χ1n) is 5.90. The molecule has 0 aromatic carbocycles. The molecule has 0 fully saturated rings. The molecule has 21 heavy (non-hydrogen) atoms. The van der Waals surface area contributed by atoms with E-state index in [2.05, 4.69) is 22.6 Å². The van der Waals surface area contributed by atoms with Crippen LogP contribution in [0.2, 0.25) is 0 Å². The number of ether oxygens (including phenoxy) is 3. The highest BCUT2D eigenvalue weighted by Gasteiger charge is 2.55. The topological polar surface area (TPSA) is 116 Å². The summed E-state index contributed by atoms with van der Waals surface area (Å²) < 4.78 is 46.4. The van der Waals surface area contributed by atoms with Crippen molar-refractivity contribution >= 4 is 22.1 Å². The summed E-state index contributed by atoms with van der Waals surface area (Å²) in [6.07, 6.45) is 1.39. The third-order valence-corrected chi connectivity index (χ3v) is 3.44. The van der Waals surface area contributed by atoms with Crippen molar-refractivity contribution in [1.29, 1.82) is 0 Å². The monoisotopic (exact) mass is 322 g/mol. The normalized spacial score (nSPS) is 13.8. The van der Waals surface area contributed by atoms with Crippen LogP contribution in [0.25, 0.3) is 0 Å². The van der Waals surface area contributed by atoms with E-state index in [1.54, 1.807) is 0 Å². The first-order chi connectivity index (χ1) is 9.75. The predicted octanol–water partition coefficient (Wildman–Crippen LogP) is 0.456. The maximum Gasteiger partial charge on any atom is 0.358 e. The molecule has 0 amide bonds. The zero-order valence-electron chi connectivity index (χ0n) is 11.6. The quantitative estimate of drug-likeness (QED) is 0.350. The lowest BCUT2D eigenvalue weighted by molar-refractivity contribution is -0.167. The minimum absolute atomic E-state index is 0.186. The van der Waals surface area contributed by atoms with E-state index < -0.39 is 33.4 Å². The molecule has 0 aliphatic heterocycles. The van der Waals surface area contributed by atoms with Crippen LogP contribution < -0.4 is 0 Å². The fourth-order valence-electron chi connectivity index (χ4n) is 1.32. The summed E-state index contributed by atoms with van der Waals surface area (Å²) in [4.78, 5) is 20.6. The van der Waals surface area contributed by atoms with Gasteiger partial charge >= 0.3 is 27.0 Å². The van der Waals surface area contributed by atoms with E-state index in [0.717, 1.165) is 0 Å². The van der Waals surface area contributed by atoms with Gasteiger partial charge in [0.1, 0.15) is 19.6 Å². The molecule has 0 aromatic rings. The Balaban J connectivity index is 5.49. The molecule has 0 bridgehead atoms. The van der Waals surface area contributed by atoms with Gasteiger partial charge in [-0.2, -0.15) is 8.42 Å². The molecule has 1 unspecified atom stereocenters. The second-order valence-electron chi connectivity index (χ2n) is 3.70. The molecule has 0 heterocycles. The summed E-state index contributed by atoms with van der Waals surface area (Å²) in [7, 11) is -5.10. The standard InChI is InChI=1S/C12H18O8S/c1-4-7-18-10(13)9-12(20-6-3,21(15,16)17)11(14)19-8-5-2/h4-5H,1-2,6-9H2,3H3,(H,15,16,17). The summed E-state index contributed by atoms with van der Waals surface area (Å²) in [5.74, 6) is -2.50. The minimum Gasteiger partial charge on any atom is -0.461 e. The van der Waals surface area contributed by atoms with E-state index in [0.29, 0.717) is 0 Å². The van der Waals surface area contributed by atoms with Crippen molar-refractivity contribution in [3.05, 3.63) is 25.3 Å². The lowest BCUT2D eigenvalue weighted by Gasteiger charge is -2.26. The summed E-state index contributed by atoms with van der Waals surface area (Å²) in [5, 5.41) is 0. The van der Waals surface area contributed by atoms with E-state index in [9.17, 15) is 22.6 Å². The Bertz CT molecular complexity index is 495. The van der Waals surface area contributed by atoms with Crippen LogP contribution in [0.4, 0.5) is 0 Å². The SMILES string of the molecule is C=CCOC(=O)CC(OCC)(C(=O)OCC=C)S(=O)(=O)O. The Morgan fingerprint density at radius 3 is 2.14 bits per heavy atom. The van der Waals surface area contributed by atoms with Crippen LogP contribution in [-0.2, 0) is 33.9 Å². The number of esters is 2. The maximum absolute atomic E-state index is 11.9. The molecule has 0 saturated heterocycles. The average Bonchev–Trinajstić information content (AvgIpc) is 2.40. The van der Waals surface area contributed by atoms with Gasteiger partial charge < -0.3 is 14.2 Å². The van der Waals surface area contributed by atoms with Gasteiger partial charge in [0.25, 0.3) is 0 Å². The zero-order valence-corrected chi connectivity index (χ0v) is 12.4. The molecule has 0 aliphatic carbocycles. The summed E-state index contributed by atoms with van der Waals surface area (Å²) >= 11 is 0. The van der Waals surface area contributed by atoms with Crippen LogP contribution >= 0.6 is 0 Å². The minimum atomic E-state index is -5.10. The molecule has 0 rings (SSSR count). The second-order valence-corrected chi connectivity index (χ2v) is 5.31. The van der Waals surface area contributed by atoms with Gasteiger partial charge in [-0.15, -0.1) is 0 Å². The summed E-state index contributed by atoms with van der Waals surface area (Å²) in [5.41, 5.74) is 0. The van der Waals surface area contributed by atoms with Crippen molar-refractivity contribution in [2.24, 2.45) is 0 Å². The Kier molecular flexibility index (Phi) is 7.85. The average molecular weight is 322 g/mol. The van der Waals surface area contributed by atoms with Gasteiger partial charge in [0.05, 0.1) is 0 Å². The third kappa shape index (κ3) is 5.29. The highest BCUT2D eigenvalue weighted by Crippen LogP contribution is 2.26. The van der Waals surface area contributed by atoms with Crippen molar-refractivity contribution in [2.75, 3.05) is 19.8 Å². The van der Waals surface area contributed by atoms with Crippen molar-refractivity contribution in [3.63, 3.8) is 0 Å². The highest BCUT2D eigenvalue weighted by atomic mass is 32.2. The Morgan fingerprint density at radius 2 is 1.71 bits per heavy atom. The molecule has 0 aliphatic rings. The van der Waals surface area contributed by atoms with Gasteiger partial charge in [-0.3, -0.25) is 9.35 Å². The van der Waals surface area contributed by atoms with Gasteiger partial charge in [-0.05, 0) is 6.92 Å². The fraction of sp³-hybridized carbons (Fsp3) is 0.500. The van der Waals surface area contributed by atoms with Gasteiger partial charge in [-0.25, -0.2) is 4.79 Å².